The van der Waals surface area contributed by atoms with E-state index in [0.29, 0.717) is 5.41 Å². The minimum atomic E-state index is 0.306. The number of rotatable bonds is 2. The number of para-hydroxylation sites is 2. The second-order valence-corrected chi connectivity index (χ2v) is 7.71. The molecule has 0 amide bonds. The first kappa shape index (κ1) is 15.0. The van der Waals surface area contributed by atoms with Crippen molar-refractivity contribution >= 4 is 21.9 Å². The summed E-state index contributed by atoms with van der Waals surface area (Å²) in [4.78, 5) is 0. The normalized spacial score (nSPS) is 12.1. The zero-order valence-corrected chi connectivity index (χ0v) is 14.5. The van der Waals surface area contributed by atoms with Crippen molar-refractivity contribution in [1.29, 1.82) is 0 Å². The first-order valence-corrected chi connectivity index (χ1v) is 8.51. The number of hydrogen-bond donors (Lipinski definition) is 0. The number of fused-ring (bicyclic) bond motifs is 3. The largest absolute Gasteiger partial charge is 0.455 e. The lowest BCUT2D eigenvalue weighted by Crippen LogP contribution is -2.08. The first-order chi connectivity index (χ1) is 11.5. The van der Waals surface area contributed by atoms with Crippen LogP contribution in [0, 0.1) is 5.41 Å². The highest BCUT2D eigenvalue weighted by atomic mass is 16.3. The van der Waals surface area contributed by atoms with Crippen LogP contribution in [0.4, 0.5) is 0 Å². The molecule has 0 N–H and O–H groups in total. The molecule has 3 aromatic carbocycles. The minimum absolute atomic E-state index is 0.306. The third kappa shape index (κ3) is 2.71. The van der Waals surface area contributed by atoms with Gasteiger partial charge in [-0.25, -0.2) is 0 Å². The minimum Gasteiger partial charge on any atom is -0.455 e. The van der Waals surface area contributed by atoms with Crippen molar-refractivity contribution in [3.63, 3.8) is 0 Å². The van der Waals surface area contributed by atoms with E-state index in [9.17, 15) is 0 Å². The molecule has 0 unspecified atom stereocenters. The van der Waals surface area contributed by atoms with Crippen molar-refractivity contribution in [2.24, 2.45) is 5.41 Å². The second-order valence-electron chi connectivity index (χ2n) is 7.71. The second kappa shape index (κ2) is 5.52. The summed E-state index contributed by atoms with van der Waals surface area (Å²) in [6, 6.07) is 23.5. The van der Waals surface area contributed by atoms with E-state index in [2.05, 4.69) is 75.4 Å². The number of hydrogen-bond acceptors (Lipinski definition) is 1. The topological polar surface area (TPSA) is 13.1 Å². The van der Waals surface area contributed by atoms with Crippen LogP contribution in [0.1, 0.15) is 26.3 Å². The molecule has 1 heteroatoms. The third-order valence-electron chi connectivity index (χ3n) is 4.40. The van der Waals surface area contributed by atoms with Gasteiger partial charge in [-0.15, -0.1) is 0 Å². The molecule has 0 saturated carbocycles. The van der Waals surface area contributed by atoms with Crippen LogP contribution in [0.5, 0.6) is 0 Å². The van der Waals surface area contributed by atoms with Crippen molar-refractivity contribution in [2.45, 2.75) is 27.2 Å². The van der Waals surface area contributed by atoms with Crippen LogP contribution in [-0.4, -0.2) is 0 Å². The third-order valence-corrected chi connectivity index (χ3v) is 4.40. The Hall–Kier alpha value is -2.54. The maximum atomic E-state index is 6.15. The Morgan fingerprint density at radius 1 is 0.750 bits per heavy atom. The van der Waals surface area contributed by atoms with Crippen LogP contribution in [0.3, 0.4) is 0 Å². The molecule has 1 heterocycles. The number of benzene rings is 3. The molecule has 0 radical (unpaired) electrons. The molecule has 0 atom stereocenters. The highest BCUT2D eigenvalue weighted by Crippen LogP contribution is 2.35. The van der Waals surface area contributed by atoms with Gasteiger partial charge in [0, 0.05) is 16.3 Å². The summed E-state index contributed by atoms with van der Waals surface area (Å²) in [5, 5.41) is 2.36. The van der Waals surface area contributed by atoms with Crippen molar-refractivity contribution in [1.82, 2.24) is 0 Å². The smallest absolute Gasteiger partial charge is 0.143 e. The lowest BCUT2D eigenvalue weighted by atomic mass is 9.87. The molecule has 0 aliphatic heterocycles. The fraction of sp³-hybridized carbons (Fsp3) is 0.217. The monoisotopic (exact) mass is 314 g/mol. The molecule has 120 valence electrons. The average molecular weight is 314 g/mol. The van der Waals surface area contributed by atoms with E-state index >= 15 is 0 Å². The molecule has 1 aromatic heterocycles. The molecule has 0 aliphatic carbocycles. The molecular weight excluding hydrogens is 292 g/mol. The summed E-state index contributed by atoms with van der Waals surface area (Å²) in [5.41, 5.74) is 5.97. The Kier molecular flexibility index (Phi) is 3.45. The predicted octanol–water partition coefficient (Wildman–Crippen LogP) is 6.84. The molecule has 4 rings (SSSR count). The lowest BCUT2D eigenvalue weighted by Gasteiger charge is -2.18. The van der Waals surface area contributed by atoms with Crippen molar-refractivity contribution in [3.05, 3.63) is 72.3 Å². The van der Waals surface area contributed by atoms with E-state index in [1.54, 1.807) is 0 Å². The van der Waals surface area contributed by atoms with Crippen LogP contribution < -0.4 is 0 Å². The Morgan fingerprint density at radius 2 is 1.46 bits per heavy atom. The van der Waals surface area contributed by atoms with Crippen molar-refractivity contribution < 1.29 is 4.42 Å². The van der Waals surface area contributed by atoms with Crippen molar-refractivity contribution in [3.8, 4) is 11.1 Å². The van der Waals surface area contributed by atoms with Gasteiger partial charge in [0.2, 0.25) is 0 Å². The zero-order valence-electron chi connectivity index (χ0n) is 14.5. The fourth-order valence-electron chi connectivity index (χ4n) is 3.39. The molecule has 0 aliphatic rings. The molecule has 4 aromatic rings. The molecule has 0 bridgehead atoms. The van der Waals surface area contributed by atoms with Gasteiger partial charge in [0.15, 0.2) is 0 Å². The Balaban J connectivity index is 1.81. The van der Waals surface area contributed by atoms with E-state index in [-0.39, 0.29) is 0 Å². The van der Waals surface area contributed by atoms with Crippen LogP contribution in [-0.2, 0) is 6.42 Å². The van der Waals surface area contributed by atoms with Gasteiger partial charge in [-0.1, -0.05) is 81.4 Å². The highest BCUT2D eigenvalue weighted by molar-refractivity contribution is 6.09. The first-order valence-electron chi connectivity index (χ1n) is 8.51. The average Bonchev–Trinajstić information content (AvgIpc) is 2.93. The standard InChI is InChI=1S/C23H22O/c1-23(2,3)15-16-11-13-17(14-12-16)18-8-6-9-20-19-7-4-5-10-21(19)24-22(18)20/h4-14H,15H2,1-3H3. The molecule has 24 heavy (non-hydrogen) atoms. The Morgan fingerprint density at radius 3 is 2.21 bits per heavy atom. The van der Waals surface area contributed by atoms with Crippen LogP contribution in [0.2, 0.25) is 0 Å². The van der Waals surface area contributed by atoms with Gasteiger partial charge >= 0.3 is 0 Å². The number of furan rings is 1. The maximum Gasteiger partial charge on any atom is 0.143 e. The summed E-state index contributed by atoms with van der Waals surface area (Å²) >= 11 is 0. The van der Waals surface area contributed by atoms with Gasteiger partial charge in [-0.05, 0) is 29.0 Å². The Bertz CT molecular complexity index is 998. The van der Waals surface area contributed by atoms with Gasteiger partial charge in [0.1, 0.15) is 11.2 Å². The van der Waals surface area contributed by atoms with E-state index < -0.39 is 0 Å². The molecular formula is C23H22O. The summed E-state index contributed by atoms with van der Waals surface area (Å²) in [7, 11) is 0. The quantitative estimate of drug-likeness (QED) is 0.394. The van der Waals surface area contributed by atoms with Gasteiger partial charge in [-0.2, -0.15) is 0 Å². The summed E-state index contributed by atoms with van der Waals surface area (Å²) in [6.07, 6.45) is 1.09. The summed E-state index contributed by atoms with van der Waals surface area (Å²) in [5.74, 6) is 0. The molecule has 0 spiro atoms. The van der Waals surface area contributed by atoms with Gasteiger partial charge in [0.25, 0.3) is 0 Å². The maximum absolute atomic E-state index is 6.15. The van der Waals surface area contributed by atoms with Crippen LogP contribution in [0.25, 0.3) is 33.1 Å². The highest BCUT2D eigenvalue weighted by Gasteiger charge is 2.13. The molecule has 0 saturated heterocycles. The van der Waals surface area contributed by atoms with E-state index in [4.69, 9.17) is 4.42 Å². The van der Waals surface area contributed by atoms with Gasteiger partial charge < -0.3 is 4.42 Å². The van der Waals surface area contributed by atoms with Gasteiger partial charge in [-0.3, -0.25) is 0 Å². The van der Waals surface area contributed by atoms with E-state index in [1.807, 2.05) is 12.1 Å². The lowest BCUT2D eigenvalue weighted by molar-refractivity contribution is 0.411. The van der Waals surface area contributed by atoms with Gasteiger partial charge in [0.05, 0.1) is 0 Å². The molecule has 1 nitrogen and oxygen atoms in total. The predicted molar refractivity (Wildman–Crippen MR) is 102 cm³/mol. The SMILES string of the molecule is CC(C)(C)Cc1ccc(-c2cccc3c2oc2ccccc23)cc1. The zero-order chi connectivity index (χ0) is 16.7. The molecule has 0 fully saturated rings. The van der Waals surface area contributed by atoms with E-state index in [1.165, 1.54) is 21.9 Å². The fourth-order valence-corrected chi connectivity index (χ4v) is 3.39. The summed E-state index contributed by atoms with van der Waals surface area (Å²) < 4.78 is 6.15. The van der Waals surface area contributed by atoms with Crippen LogP contribution in [0.15, 0.2) is 71.1 Å². The van der Waals surface area contributed by atoms with Crippen LogP contribution >= 0.6 is 0 Å². The Labute approximate surface area is 142 Å². The van der Waals surface area contributed by atoms with Crippen molar-refractivity contribution in [2.75, 3.05) is 0 Å². The summed E-state index contributed by atoms with van der Waals surface area (Å²) in [6.45, 7) is 6.82. The van der Waals surface area contributed by atoms with E-state index in [0.717, 1.165) is 23.2 Å².